The van der Waals surface area contributed by atoms with Crippen molar-refractivity contribution in [2.75, 3.05) is 0 Å². The van der Waals surface area contributed by atoms with Crippen molar-refractivity contribution >= 4 is 29.1 Å². The zero-order valence-electron chi connectivity index (χ0n) is 15.1. The van der Waals surface area contributed by atoms with Gasteiger partial charge in [0.15, 0.2) is 5.17 Å². The van der Waals surface area contributed by atoms with E-state index < -0.39 is 0 Å². The van der Waals surface area contributed by atoms with Crippen LogP contribution in [0.4, 0.5) is 4.39 Å². The minimum atomic E-state index is -0.263. The molecule has 7 heteroatoms. The Morgan fingerprint density at radius 2 is 1.89 bits per heavy atom. The van der Waals surface area contributed by atoms with Crippen LogP contribution >= 0.6 is 11.8 Å². The lowest BCUT2D eigenvalue weighted by atomic mass is 10.1. The highest BCUT2D eigenvalue weighted by Crippen LogP contribution is 2.25. The van der Waals surface area contributed by atoms with Crippen molar-refractivity contribution in [3.8, 4) is 5.75 Å². The number of hydrogen-bond donors (Lipinski definition) is 1. The van der Waals surface area contributed by atoms with E-state index in [1.165, 1.54) is 23.9 Å². The maximum Gasteiger partial charge on any atom is 0.239 e. The van der Waals surface area contributed by atoms with Crippen LogP contribution in [0, 0.1) is 11.7 Å². The van der Waals surface area contributed by atoms with Gasteiger partial charge in [0.25, 0.3) is 0 Å². The molecule has 1 heterocycles. The van der Waals surface area contributed by atoms with Gasteiger partial charge < -0.3 is 10.1 Å². The number of carbonyl (C=O) groups is 1. The molecule has 1 N–H and O–H groups in total. The van der Waals surface area contributed by atoms with Gasteiger partial charge in [-0.15, -0.1) is 5.10 Å². The molecule has 2 aromatic carbocycles. The summed E-state index contributed by atoms with van der Waals surface area (Å²) >= 11 is 1.40. The van der Waals surface area contributed by atoms with E-state index in [1.54, 1.807) is 18.3 Å². The average molecular weight is 385 g/mol. The molecule has 0 aromatic heterocycles. The first-order valence-corrected chi connectivity index (χ1v) is 9.45. The molecule has 0 bridgehead atoms. The zero-order chi connectivity index (χ0) is 19.2. The number of nitrogens with zero attached hydrogens (tertiary/aromatic N) is 2. The third-order valence-electron chi connectivity index (χ3n) is 3.89. The molecule has 0 spiro atoms. The Bertz CT molecular complexity index is 849. The highest BCUT2D eigenvalue weighted by Gasteiger charge is 2.32. The molecule has 0 aliphatic carbocycles. The largest absolute Gasteiger partial charge is 0.489 e. The predicted octanol–water partition coefficient (Wildman–Crippen LogP) is 3.98. The van der Waals surface area contributed by atoms with Crippen LogP contribution in [-0.4, -0.2) is 22.5 Å². The SMILES string of the molecule is CC(C)[C@@H]1S/C(=N\N=C/c2ccc(OCc3ccc(F)cc3)cc2)NC1=O. The van der Waals surface area contributed by atoms with Gasteiger partial charge in [-0.3, -0.25) is 4.79 Å². The Kier molecular flexibility index (Phi) is 6.24. The molecule has 0 saturated carbocycles. The highest BCUT2D eigenvalue weighted by atomic mass is 32.2. The van der Waals surface area contributed by atoms with E-state index in [9.17, 15) is 9.18 Å². The summed E-state index contributed by atoms with van der Waals surface area (Å²) in [6, 6.07) is 13.6. The summed E-state index contributed by atoms with van der Waals surface area (Å²) in [5, 5.41) is 11.2. The first-order chi connectivity index (χ1) is 13.0. The van der Waals surface area contributed by atoms with Gasteiger partial charge in [-0.2, -0.15) is 5.10 Å². The molecule has 1 atom stereocenters. The summed E-state index contributed by atoms with van der Waals surface area (Å²) in [6.45, 7) is 4.38. The van der Waals surface area contributed by atoms with E-state index in [2.05, 4.69) is 15.5 Å². The van der Waals surface area contributed by atoms with Gasteiger partial charge in [-0.05, 0) is 53.4 Å². The second-order valence-corrected chi connectivity index (χ2v) is 7.54. The molecule has 1 aliphatic rings. The number of benzene rings is 2. The van der Waals surface area contributed by atoms with Crippen molar-refractivity contribution < 1.29 is 13.9 Å². The van der Waals surface area contributed by atoms with Crippen molar-refractivity contribution in [1.82, 2.24) is 5.32 Å². The number of halogens is 1. The monoisotopic (exact) mass is 385 g/mol. The lowest BCUT2D eigenvalue weighted by Gasteiger charge is -2.07. The fraction of sp³-hybridized carbons (Fsp3) is 0.250. The van der Waals surface area contributed by atoms with Gasteiger partial charge >= 0.3 is 0 Å². The Hall–Kier alpha value is -2.67. The normalized spacial score (nSPS) is 18.4. The van der Waals surface area contributed by atoms with E-state index in [0.717, 1.165) is 11.1 Å². The average Bonchev–Trinajstić information content (AvgIpc) is 3.03. The van der Waals surface area contributed by atoms with Crippen LogP contribution in [0.2, 0.25) is 0 Å². The number of rotatable bonds is 6. The van der Waals surface area contributed by atoms with E-state index in [4.69, 9.17) is 4.74 Å². The molecule has 1 aliphatic heterocycles. The number of hydrogen-bond acceptors (Lipinski definition) is 5. The van der Waals surface area contributed by atoms with Crippen molar-refractivity contribution in [2.45, 2.75) is 25.7 Å². The van der Waals surface area contributed by atoms with Crippen LogP contribution in [0.25, 0.3) is 0 Å². The van der Waals surface area contributed by atoms with Crippen LogP contribution < -0.4 is 10.1 Å². The highest BCUT2D eigenvalue weighted by molar-refractivity contribution is 8.15. The van der Waals surface area contributed by atoms with Gasteiger partial charge in [0, 0.05) is 0 Å². The van der Waals surface area contributed by atoms with E-state index >= 15 is 0 Å². The summed E-state index contributed by atoms with van der Waals surface area (Å²) in [6.07, 6.45) is 1.62. The summed E-state index contributed by atoms with van der Waals surface area (Å²) in [7, 11) is 0. The van der Waals surface area contributed by atoms with Crippen LogP contribution in [0.3, 0.4) is 0 Å². The Morgan fingerprint density at radius 1 is 1.19 bits per heavy atom. The van der Waals surface area contributed by atoms with Gasteiger partial charge in [0.1, 0.15) is 18.2 Å². The summed E-state index contributed by atoms with van der Waals surface area (Å²) in [5.74, 6) is 0.670. The molecule has 0 radical (unpaired) electrons. The zero-order valence-corrected chi connectivity index (χ0v) is 15.9. The lowest BCUT2D eigenvalue weighted by Crippen LogP contribution is -2.27. The standard InChI is InChI=1S/C20H20FN3O2S/c1-13(2)18-19(25)23-20(27-18)24-22-11-14-5-9-17(10-6-14)26-12-15-3-7-16(21)8-4-15/h3-11,13,18H,12H2,1-2H3,(H,23,24,25)/b22-11-/t18-/m0/s1. The van der Waals surface area contributed by atoms with E-state index in [1.807, 2.05) is 38.1 Å². The number of amidine groups is 1. The number of ether oxygens (including phenoxy) is 1. The molecule has 27 heavy (non-hydrogen) atoms. The minimum absolute atomic E-state index is 0.0217. The Labute approximate surface area is 161 Å². The van der Waals surface area contributed by atoms with Crippen molar-refractivity contribution in [3.63, 3.8) is 0 Å². The first kappa shape index (κ1) is 19.1. The van der Waals surface area contributed by atoms with Crippen LogP contribution in [0.5, 0.6) is 5.75 Å². The molecule has 1 amide bonds. The molecular formula is C20H20FN3O2S. The predicted molar refractivity (Wildman–Crippen MR) is 107 cm³/mol. The van der Waals surface area contributed by atoms with Crippen molar-refractivity contribution in [2.24, 2.45) is 16.1 Å². The Balaban J connectivity index is 1.53. The molecule has 5 nitrogen and oxygen atoms in total. The number of thioether (sulfide) groups is 1. The first-order valence-electron chi connectivity index (χ1n) is 8.57. The quantitative estimate of drug-likeness (QED) is 0.604. The van der Waals surface area contributed by atoms with Crippen molar-refractivity contribution in [3.05, 3.63) is 65.5 Å². The van der Waals surface area contributed by atoms with E-state index in [-0.39, 0.29) is 22.9 Å². The number of nitrogens with one attached hydrogen (secondary N) is 1. The van der Waals surface area contributed by atoms with Crippen LogP contribution in [-0.2, 0) is 11.4 Å². The fourth-order valence-electron chi connectivity index (χ4n) is 2.41. The number of amides is 1. The maximum atomic E-state index is 12.9. The molecule has 1 fully saturated rings. The number of carbonyl (C=O) groups excluding carboxylic acids is 1. The second-order valence-electron chi connectivity index (χ2n) is 6.41. The molecule has 3 rings (SSSR count). The van der Waals surface area contributed by atoms with Gasteiger partial charge in [-0.1, -0.05) is 37.7 Å². The summed E-state index contributed by atoms with van der Waals surface area (Å²) in [5.41, 5.74) is 1.76. The third kappa shape index (κ3) is 5.40. The summed E-state index contributed by atoms with van der Waals surface area (Å²) < 4.78 is 18.6. The maximum absolute atomic E-state index is 12.9. The summed E-state index contributed by atoms with van der Waals surface area (Å²) in [4.78, 5) is 11.8. The minimum Gasteiger partial charge on any atom is -0.489 e. The van der Waals surface area contributed by atoms with E-state index in [0.29, 0.717) is 17.5 Å². The molecule has 1 saturated heterocycles. The molecule has 0 unspecified atom stereocenters. The van der Waals surface area contributed by atoms with Gasteiger partial charge in [-0.25, -0.2) is 4.39 Å². The lowest BCUT2D eigenvalue weighted by molar-refractivity contribution is -0.119. The topological polar surface area (TPSA) is 63.1 Å². The third-order valence-corrected chi connectivity index (χ3v) is 5.31. The fourth-order valence-corrected chi connectivity index (χ4v) is 3.35. The van der Waals surface area contributed by atoms with Crippen LogP contribution in [0.15, 0.2) is 58.7 Å². The molecule has 140 valence electrons. The van der Waals surface area contributed by atoms with Gasteiger partial charge in [0.2, 0.25) is 5.91 Å². The molecular weight excluding hydrogens is 365 g/mol. The second kappa shape index (κ2) is 8.81. The van der Waals surface area contributed by atoms with Crippen molar-refractivity contribution in [1.29, 1.82) is 0 Å². The van der Waals surface area contributed by atoms with Crippen LogP contribution in [0.1, 0.15) is 25.0 Å². The Morgan fingerprint density at radius 3 is 2.52 bits per heavy atom. The molecule has 2 aromatic rings. The smallest absolute Gasteiger partial charge is 0.239 e. The van der Waals surface area contributed by atoms with Gasteiger partial charge in [0.05, 0.1) is 11.5 Å².